The Morgan fingerprint density at radius 3 is 1.86 bits per heavy atom. The lowest BCUT2D eigenvalue weighted by Gasteiger charge is -2.37. The number of hydrogen-bond donors (Lipinski definition) is 1. The molecule has 2 atom stereocenters. The number of hydrogen-bond acceptors (Lipinski definition) is 4. The molecule has 1 N–H and O–H groups in total. The number of imidazole rings is 1. The molecule has 35 heavy (non-hydrogen) atoms. The van der Waals surface area contributed by atoms with Crippen molar-refractivity contribution < 1.29 is 19.0 Å². The molecule has 0 amide bonds. The fourth-order valence-corrected chi connectivity index (χ4v) is 5.22. The average Bonchev–Trinajstić information content (AvgIpc) is 3.35. The molecule has 0 aliphatic heterocycles. The van der Waals surface area contributed by atoms with Gasteiger partial charge in [-0.05, 0) is 28.2 Å². The van der Waals surface area contributed by atoms with Crippen molar-refractivity contribution in [3.8, 4) is 0 Å². The summed E-state index contributed by atoms with van der Waals surface area (Å²) in [6, 6.07) is 30.6. The van der Waals surface area contributed by atoms with Crippen LogP contribution >= 0.6 is 8.03 Å². The summed E-state index contributed by atoms with van der Waals surface area (Å²) in [6.45, 7) is 1.93. The van der Waals surface area contributed by atoms with Gasteiger partial charge in [-0.3, -0.25) is 4.79 Å². The number of rotatable bonds is 10. The molecule has 0 saturated carbocycles. The van der Waals surface area contributed by atoms with Crippen molar-refractivity contribution >= 4 is 14.0 Å². The number of nitrogens with zero attached hydrogens (tertiary/aromatic N) is 2. The van der Waals surface area contributed by atoms with Gasteiger partial charge in [0, 0.05) is 12.6 Å². The molecule has 2 unspecified atom stereocenters. The lowest BCUT2D eigenvalue weighted by Crippen LogP contribution is -2.37. The largest absolute Gasteiger partial charge is 0.506 e. The highest BCUT2D eigenvalue weighted by Gasteiger charge is 2.39. The van der Waals surface area contributed by atoms with Crippen molar-refractivity contribution in [1.29, 1.82) is 0 Å². The molecule has 0 bridgehead atoms. The van der Waals surface area contributed by atoms with E-state index in [0.717, 1.165) is 16.7 Å². The van der Waals surface area contributed by atoms with Gasteiger partial charge in [-0.25, -0.2) is 4.98 Å². The summed E-state index contributed by atoms with van der Waals surface area (Å²) in [7, 11) is -2.49. The molecule has 6 nitrogen and oxygen atoms in total. The monoisotopic (exact) mass is 487 g/mol. The van der Waals surface area contributed by atoms with E-state index in [1.807, 2.05) is 60.8 Å². The lowest BCUT2D eigenvalue weighted by atomic mass is 9.77. The van der Waals surface area contributed by atoms with Crippen molar-refractivity contribution in [3.63, 3.8) is 0 Å². The molecule has 178 valence electrons. The zero-order valence-corrected chi connectivity index (χ0v) is 20.4. The first-order valence-corrected chi connectivity index (χ1v) is 13.0. The molecule has 0 aliphatic rings. The van der Waals surface area contributed by atoms with E-state index in [9.17, 15) is 14.3 Å². The topological polar surface area (TPSA) is 81.4 Å². The van der Waals surface area contributed by atoms with Gasteiger partial charge in [0.05, 0.1) is 18.6 Å². The molecule has 1 heterocycles. The van der Waals surface area contributed by atoms with Crippen LogP contribution in [0.2, 0.25) is 0 Å². The van der Waals surface area contributed by atoms with Gasteiger partial charge in [0.25, 0.3) is 0 Å². The highest BCUT2D eigenvalue weighted by Crippen LogP contribution is 2.40. The highest BCUT2D eigenvalue weighted by molar-refractivity contribution is 7.38. The number of aromatic nitrogens is 2. The standard InChI is InChI=1S/C28H27N2O4P/c1-2-34-27(31)22(20-35(32)33)18-26-19-30(21-29-26)28(23-12-6-3-7-13-23,24-14-8-4-9-15-24)25-16-10-5-11-17-25/h3-17,19,21-22H,2,18,20H2,1H3/p+1. The number of benzene rings is 3. The summed E-state index contributed by atoms with van der Waals surface area (Å²) in [5.41, 5.74) is 3.11. The minimum atomic E-state index is -2.49. The zero-order chi connectivity index (χ0) is 24.7. The molecule has 0 saturated heterocycles. The van der Waals surface area contributed by atoms with Crippen LogP contribution < -0.4 is 0 Å². The van der Waals surface area contributed by atoms with E-state index in [1.54, 1.807) is 13.3 Å². The second kappa shape index (κ2) is 11.2. The minimum Gasteiger partial charge on any atom is -0.466 e. The van der Waals surface area contributed by atoms with Crippen LogP contribution in [0.3, 0.4) is 0 Å². The first kappa shape index (κ1) is 24.5. The summed E-state index contributed by atoms with van der Waals surface area (Å²) in [5, 5.41) is 0. The molecule has 4 rings (SSSR count). The Kier molecular flexibility index (Phi) is 7.86. The van der Waals surface area contributed by atoms with Gasteiger partial charge in [0.15, 0.2) is 6.16 Å². The van der Waals surface area contributed by atoms with E-state index < -0.39 is 25.5 Å². The van der Waals surface area contributed by atoms with Gasteiger partial charge in [0.2, 0.25) is 0 Å². The Morgan fingerprint density at radius 1 is 0.943 bits per heavy atom. The summed E-state index contributed by atoms with van der Waals surface area (Å²) in [5.74, 6) is -1.23. The van der Waals surface area contributed by atoms with E-state index in [0.29, 0.717) is 5.69 Å². The minimum absolute atomic E-state index is 0.164. The van der Waals surface area contributed by atoms with Crippen LogP contribution in [0.4, 0.5) is 0 Å². The lowest BCUT2D eigenvalue weighted by molar-refractivity contribution is -0.147. The van der Waals surface area contributed by atoms with Crippen LogP contribution in [0.25, 0.3) is 0 Å². The van der Waals surface area contributed by atoms with Gasteiger partial charge in [0.1, 0.15) is 11.5 Å². The van der Waals surface area contributed by atoms with E-state index in [-0.39, 0.29) is 19.2 Å². The fourth-order valence-electron chi connectivity index (χ4n) is 4.56. The van der Waals surface area contributed by atoms with Crippen molar-refractivity contribution in [3.05, 3.63) is 126 Å². The molecule has 0 fully saturated rings. The van der Waals surface area contributed by atoms with E-state index in [1.165, 1.54) is 0 Å². The molecule has 0 radical (unpaired) electrons. The Morgan fingerprint density at radius 2 is 1.43 bits per heavy atom. The molecule has 3 aromatic carbocycles. The second-order valence-electron chi connectivity index (χ2n) is 8.27. The first-order valence-electron chi connectivity index (χ1n) is 11.6. The number of ether oxygens (including phenoxy) is 1. The molecular weight excluding hydrogens is 459 g/mol. The van der Waals surface area contributed by atoms with Crippen LogP contribution in [0.5, 0.6) is 0 Å². The van der Waals surface area contributed by atoms with Crippen LogP contribution in [-0.4, -0.2) is 33.2 Å². The van der Waals surface area contributed by atoms with Gasteiger partial charge < -0.3 is 9.30 Å². The van der Waals surface area contributed by atoms with E-state index in [2.05, 4.69) is 45.9 Å². The predicted molar refractivity (Wildman–Crippen MR) is 135 cm³/mol. The Bertz CT molecular complexity index is 1160. The molecule has 1 aromatic heterocycles. The molecule has 0 spiro atoms. The number of carbonyl (C=O) groups is 1. The summed E-state index contributed by atoms with van der Waals surface area (Å²) in [6.07, 6.45) is 3.73. The Labute approximate surface area is 206 Å². The van der Waals surface area contributed by atoms with Crippen LogP contribution in [0.15, 0.2) is 104 Å². The SMILES string of the molecule is CCOC(=O)C(Cc1cn(C(c2ccccc2)(c2ccccc2)c2ccccc2)cn1)C[P+](=O)O. The average molecular weight is 488 g/mol. The maximum Gasteiger partial charge on any atom is 0.506 e. The zero-order valence-electron chi connectivity index (χ0n) is 19.5. The number of esters is 1. The maximum atomic E-state index is 12.5. The third-order valence-electron chi connectivity index (χ3n) is 6.05. The maximum absolute atomic E-state index is 12.5. The number of carbonyl (C=O) groups excluding carboxylic acids is 1. The molecule has 7 heteroatoms. The van der Waals surface area contributed by atoms with Crippen LogP contribution in [0, 0.1) is 5.92 Å². The molecule has 0 aliphatic carbocycles. The predicted octanol–water partition coefficient (Wildman–Crippen LogP) is 5.18. The Balaban J connectivity index is 1.86. The van der Waals surface area contributed by atoms with E-state index in [4.69, 9.17) is 4.74 Å². The smallest absolute Gasteiger partial charge is 0.466 e. The summed E-state index contributed by atoms with van der Waals surface area (Å²) in [4.78, 5) is 26.6. The van der Waals surface area contributed by atoms with Crippen LogP contribution in [-0.2, 0) is 26.1 Å². The third kappa shape index (κ3) is 5.24. The van der Waals surface area contributed by atoms with Gasteiger partial charge in [-0.1, -0.05) is 91.0 Å². The van der Waals surface area contributed by atoms with Gasteiger partial charge >= 0.3 is 14.0 Å². The van der Waals surface area contributed by atoms with Crippen molar-refractivity contribution in [2.75, 3.05) is 12.8 Å². The van der Waals surface area contributed by atoms with Crippen molar-refractivity contribution in [2.45, 2.75) is 18.9 Å². The van der Waals surface area contributed by atoms with Gasteiger partial charge in [-0.15, -0.1) is 0 Å². The van der Waals surface area contributed by atoms with Gasteiger partial charge in [-0.2, -0.15) is 4.89 Å². The Hall–Kier alpha value is -3.60. The van der Waals surface area contributed by atoms with Crippen LogP contribution in [0.1, 0.15) is 29.3 Å². The molecular formula is C28H28N2O4P+. The fraction of sp³-hybridized carbons (Fsp3) is 0.214. The first-order chi connectivity index (χ1) is 17.1. The second-order valence-corrected chi connectivity index (χ2v) is 9.34. The van der Waals surface area contributed by atoms with E-state index >= 15 is 0 Å². The summed E-state index contributed by atoms with van der Waals surface area (Å²) < 4.78 is 18.7. The highest BCUT2D eigenvalue weighted by atomic mass is 31.1. The van der Waals surface area contributed by atoms with Crippen molar-refractivity contribution in [2.24, 2.45) is 5.92 Å². The quantitative estimate of drug-likeness (QED) is 0.189. The van der Waals surface area contributed by atoms with Crippen molar-refractivity contribution in [1.82, 2.24) is 9.55 Å². The normalized spacial score (nSPS) is 12.7. The molecule has 4 aromatic rings. The third-order valence-corrected chi connectivity index (χ3v) is 6.80. The summed E-state index contributed by atoms with van der Waals surface area (Å²) >= 11 is 0.